The number of rotatable bonds is 2. The summed E-state index contributed by atoms with van der Waals surface area (Å²) < 4.78 is 13.6. The monoisotopic (exact) mass is 276 g/mol. The fraction of sp³-hybridized carbons (Fsp3) is 0.647. The first kappa shape index (κ1) is 14.0. The van der Waals surface area contributed by atoms with Crippen molar-refractivity contribution < 1.29 is 4.39 Å². The Morgan fingerprint density at radius 2 is 2.05 bits per heavy atom. The molecule has 1 aliphatic carbocycles. The van der Waals surface area contributed by atoms with Crippen LogP contribution in [0.1, 0.15) is 43.4 Å². The van der Waals surface area contributed by atoms with Crippen LogP contribution in [0.4, 0.5) is 4.39 Å². The summed E-state index contributed by atoms with van der Waals surface area (Å²) >= 11 is 0. The van der Waals surface area contributed by atoms with Crippen LogP contribution in [-0.4, -0.2) is 42.5 Å². The normalized spacial score (nSPS) is 25.2. The molecule has 0 aromatic heterocycles. The zero-order valence-electron chi connectivity index (χ0n) is 12.4. The second kappa shape index (κ2) is 6.23. The molecular weight excluding hydrogens is 251 g/mol. The molecule has 0 radical (unpaired) electrons. The fourth-order valence-electron chi connectivity index (χ4n) is 3.74. The summed E-state index contributed by atoms with van der Waals surface area (Å²) in [4.78, 5) is 5.11. The van der Waals surface area contributed by atoms with Gasteiger partial charge in [-0.15, -0.1) is 0 Å². The maximum Gasteiger partial charge on any atom is 0.123 e. The van der Waals surface area contributed by atoms with Gasteiger partial charge in [0.2, 0.25) is 0 Å². The minimum atomic E-state index is -0.0827. The molecule has 20 heavy (non-hydrogen) atoms. The van der Waals surface area contributed by atoms with E-state index in [1.807, 2.05) is 6.07 Å². The molecule has 1 saturated heterocycles. The number of fused-ring (bicyclic) bond motifs is 1. The van der Waals surface area contributed by atoms with Crippen LogP contribution in [0, 0.1) is 5.82 Å². The molecule has 0 unspecified atom stereocenters. The van der Waals surface area contributed by atoms with Crippen LogP contribution in [0.2, 0.25) is 0 Å². The lowest BCUT2D eigenvalue weighted by atomic mass is 9.86. The van der Waals surface area contributed by atoms with Crippen molar-refractivity contribution >= 4 is 0 Å². The predicted octanol–water partition coefficient (Wildman–Crippen LogP) is 3.23. The number of benzene rings is 1. The van der Waals surface area contributed by atoms with Gasteiger partial charge in [0.15, 0.2) is 0 Å². The molecule has 0 bridgehead atoms. The number of nitrogens with zero attached hydrogens (tertiary/aromatic N) is 2. The van der Waals surface area contributed by atoms with Crippen molar-refractivity contribution in [3.05, 3.63) is 35.1 Å². The van der Waals surface area contributed by atoms with E-state index in [1.54, 1.807) is 12.1 Å². The third-order valence-electron chi connectivity index (χ3n) is 4.90. The molecule has 1 aromatic rings. The lowest BCUT2D eigenvalue weighted by Crippen LogP contribution is -2.35. The van der Waals surface area contributed by atoms with E-state index in [2.05, 4.69) is 16.7 Å². The zero-order valence-corrected chi connectivity index (χ0v) is 12.4. The molecule has 3 rings (SSSR count). The van der Waals surface area contributed by atoms with Gasteiger partial charge in [0.05, 0.1) is 0 Å². The zero-order chi connectivity index (χ0) is 13.9. The molecular formula is C17H25FN2. The smallest absolute Gasteiger partial charge is 0.123 e. The first-order valence-corrected chi connectivity index (χ1v) is 8.02. The van der Waals surface area contributed by atoms with Gasteiger partial charge in [0, 0.05) is 25.7 Å². The van der Waals surface area contributed by atoms with Crippen molar-refractivity contribution in [3.63, 3.8) is 0 Å². The number of hydrogen-bond acceptors (Lipinski definition) is 2. The van der Waals surface area contributed by atoms with E-state index in [-0.39, 0.29) is 5.82 Å². The van der Waals surface area contributed by atoms with Crippen LogP contribution < -0.4 is 0 Å². The van der Waals surface area contributed by atoms with E-state index in [4.69, 9.17) is 0 Å². The van der Waals surface area contributed by atoms with Gasteiger partial charge in [-0.25, -0.2) is 4.39 Å². The third-order valence-corrected chi connectivity index (χ3v) is 4.90. The van der Waals surface area contributed by atoms with Crippen molar-refractivity contribution in [2.45, 2.75) is 38.6 Å². The highest BCUT2D eigenvalue weighted by atomic mass is 19.1. The number of halogens is 1. The molecule has 0 saturated carbocycles. The Labute approximate surface area is 121 Å². The van der Waals surface area contributed by atoms with Crippen molar-refractivity contribution in [1.29, 1.82) is 0 Å². The van der Waals surface area contributed by atoms with E-state index in [1.165, 1.54) is 36.9 Å². The Bertz CT molecular complexity index is 460. The van der Waals surface area contributed by atoms with Gasteiger partial charge in [-0.1, -0.05) is 13.0 Å². The van der Waals surface area contributed by atoms with Crippen molar-refractivity contribution in [3.8, 4) is 0 Å². The first-order chi connectivity index (χ1) is 9.78. The Balaban J connectivity index is 1.79. The summed E-state index contributed by atoms with van der Waals surface area (Å²) in [5, 5.41) is 0. The Morgan fingerprint density at radius 1 is 1.15 bits per heavy atom. The second-order valence-electron chi connectivity index (χ2n) is 6.07. The van der Waals surface area contributed by atoms with Gasteiger partial charge < -0.3 is 4.90 Å². The first-order valence-electron chi connectivity index (χ1n) is 8.02. The maximum absolute atomic E-state index is 13.6. The maximum atomic E-state index is 13.6. The fourth-order valence-corrected chi connectivity index (χ4v) is 3.74. The lowest BCUT2D eigenvalue weighted by molar-refractivity contribution is 0.182. The Hall–Kier alpha value is -0.930. The molecule has 0 N–H and O–H groups in total. The second-order valence-corrected chi connectivity index (χ2v) is 6.07. The van der Waals surface area contributed by atoms with Crippen LogP contribution >= 0.6 is 0 Å². The van der Waals surface area contributed by atoms with Crippen molar-refractivity contribution in [2.75, 3.05) is 32.7 Å². The standard InChI is InChI=1S/C17H25FN2/c1-2-19-9-4-10-20(12-11-19)17-6-3-5-14-7-8-15(18)13-16(14)17/h7-8,13,17H,2-6,9-12H2,1H3/t17-/m1/s1. The SMILES string of the molecule is CCN1CCCN([C@@H]2CCCc3ccc(F)cc32)CC1. The van der Waals surface area contributed by atoms with Crippen LogP contribution in [-0.2, 0) is 6.42 Å². The highest BCUT2D eigenvalue weighted by Crippen LogP contribution is 2.35. The van der Waals surface area contributed by atoms with Gasteiger partial charge in [-0.2, -0.15) is 0 Å². The van der Waals surface area contributed by atoms with Crippen LogP contribution in [0.3, 0.4) is 0 Å². The molecule has 2 nitrogen and oxygen atoms in total. The van der Waals surface area contributed by atoms with E-state index in [0.29, 0.717) is 6.04 Å². The van der Waals surface area contributed by atoms with Crippen molar-refractivity contribution in [2.24, 2.45) is 0 Å². The topological polar surface area (TPSA) is 6.48 Å². The largest absolute Gasteiger partial charge is 0.302 e. The number of hydrogen-bond donors (Lipinski definition) is 0. The Morgan fingerprint density at radius 3 is 2.90 bits per heavy atom. The van der Waals surface area contributed by atoms with Crippen LogP contribution in [0.15, 0.2) is 18.2 Å². The predicted molar refractivity (Wildman–Crippen MR) is 80.4 cm³/mol. The van der Waals surface area contributed by atoms with Gasteiger partial charge in [0.1, 0.15) is 5.82 Å². The minimum Gasteiger partial charge on any atom is -0.302 e. The van der Waals surface area contributed by atoms with E-state index in [9.17, 15) is 4.39 Å². The molecule has 3 heteroatoms. The molecule has 110 valence electrons. The van der Waals surface area contributed by atoms with Gasteiger partial charge in [-0.3, -0.25) is 4.90 Å². The van der Waals surface area contributed by atoms with E-state index >= 15 is 0 Å². The third kappa shape index (κ3) is 2.89. The van der Waals surface area contributed by atoms with E-state index in [0.717, 1.165) is 32.6 Å². The molecule has 1 aromatic carbocycles. The summed E-state index contributed by atoms with van der Waals surface area (Å²) in [7, 11) is 0. The molecule has 0 spiro atoms. The van der Waals surface area contributed by atoms with E-state index < -0.39 is 0 Å². The van der Waals surface area contributed by atoms with Crippen LogP contribution in [0.25, 0.3) is 0 Å². The summed E-state index contributed by atoms with van der Waals surface area (Å²) in [6.45, 7) is 8.00. The number of likely N-dealkylation sites (N-methyl/N-ethyl adjacent to an activating group) is 1. The molecule has 1 heterocycles. The molecule has 0 amide bonds. The highest BCUT2D eigenvalue weighted by Gasteiger charge is 2.27. The Kier molecular flexibility index (Phi) is 4.37. The molecule has 1 atom stereocenters. The average molecular weight is 276 g/mol. The average Bonchev–Trinajstić information content (AvgIpc) is 2.72. The van der Waals surface area contributed by atoms with Crippen molar-refractivity contribution in [1.82, 2.24) is 9.80 Å². The molecule has 1 aliphatic heterocycles. The summed E-state index contributed by atoms with van der Waals surface area (Å²) in [5.41, 5.74) is 2.61. The molecule has 1 fully saturated rings. The highest BCUT2D eigenvalue weighted by molar-refractivity contribution is 5.33. The summed E-state index contributed by atoms with van der Waals surface area (Å²) in [6, 6.07) is 5.82. The lowest BCUT2D eigenvalue weighted by Gasteiger charge is -2.35. The summed E-state index contributed by atoms with van der Waals surface area (Å²) in [5.74, 6) is -0.0827. The molecule has 2 aliphatic rings. The van der Waals surface area contributed by atoms with Gasteiger partial charge >= 0.3 is 0 Å². The van der Waals surface area contributed by atoms with Gasteiger partial charge in [0.25, 0.3) is 0 Å². The van der Waals surface area contributed by atoms with Crippen LogP contribution in [0.5, 0.6) is 0 Å². The minimum absolute atomic E-state index is 0.0827. The quantitative estimate of drug-likeness (QED) is 0.818. The summed E-state index contributed by atoms with van der Waals surface area (Å²) in [6.07, 6.45) is 4.76. The number of aryl methyl sites for hydroxylation is 1. The van der Waals surface area contributed by atoms with Gasteiger partial charge in [-0.05, 0) is 62.0 Å².